The Kier molecular flexibility index (Phi) is 3.03. The molecule has 0 amide bonds. The summed E-state index contributed by atoms with van der Waals surface area (Å²) in [7, 11) is 0. The van der Waals surface area contributed by atoms with E-state index in [2.05, 4.69) is 9.97 Å². The topological polar surface area (TPSA) is 75.7 Å². The van der Waals surface area contributed by atoms with E-state index < -0.39 is 11.9 Å². The van der Waals surface area contributed by atoms with Gasteiger partial charge in [-0.2, -0.15) is 13.2 Å². The number of halogens is 3. The quantitative estimate of drug-likeness (QED) is 0.733. The van der Waals surface area contributed by atoms with Crippen LogP contribution >= 0.6 is 0 Å². The molecular weight excluding hydrogens is 209 g/mol. The van der Waals surface area contributed by atoms with Crippen molar-refractivity contribution in [2.75, 3.05) is 0 Å². The lowest BCUT2D eigenvalue weighted by Crippen LogP contribution is -2.20. The maximum atomic E-state index is 12.0. The number of alkyl halides is 3. The number of nitrogens with zero attached hydrogens (tertiary/aromatic N) is 2. The van der Waals surface area contributed by atoms with E-state index >= 15 is 0 Å². The van der Waals surface area contributed by atoms with Gasteiger partial charge < -0.3 is 5.73 Å². The van der Waals surface area contributed by atoms with Gasteiger partial charge in [-0.1, -0.05) is 0 Å². The summed E-state index contributed by atoms with van der Waals surface area (Å²) in [4.78, 5) is 7.23. The van der Waals surface area contributed by atoms with Gasteiger partial charge in [-0.15, -0.1) is 0 Å². The minimum Gasteiger partial charge on any atom is -0.397 e. The Morgan fingerprint density at radius 3 is 2.60 bits per heavy atom. The van der Waals surface area contributed by atoms with Gasteiger partial charge in [0.1, 0.15) is 12.0 Å². The van der Waals surface area contributed by atoms with E-state index in [4.69, 9.17) is 11.1 Å². The zero-order valence-corrected chi connectivity index (χ0v) is 7.42. The lowest BCUT2D eigenvalue weighted by atomic mass is 10.2. The molecule has 1 aromatic heterocycles. The van der Waals surface area contributed by atoms with Gasteiger partial charge in [-0.25, -0.2) is 9.97 Å². The molecule has 0 saturated heterocycles. The van der Waals surface area contributed by atoms with Gasteiger partial charge >= 0.3 is 6.18 Å². The molecule has 0 fully saturated rings. The average molecular weight is 216 g/mol. The van der Waals surface area contributed by atoms with Crippen LogP contribution in [0.15, 0.2) is 24.7 Å². The highest BCUT2D eigenvalue weighted by Crippen LogP contribution is 2.18. The summed E-state index contributed by atoms with van der Waals surface area (Å²) in [6.45, 7) is 0. The molecule has 0 aromatic carbocycles. The van der Waals surface area contributed by atoms with E-state index in [0.29, 0.717) is 6.08 Å². The Hall–Kier alpha value is -1.92. The molecule has 0 atom stereocenters. The monoisotopic (exact) mass is 216 g/mol. The van der Waals surface area contributed by atoms with Gasteiger partial charge in [0.15, 0.2) is 0 Å². The van der Waals surface area contributed by atoms with Gasteiger partial charge in [0.2, 0.25) is 0 Å². The van der Waals surface area contributed by atoms with E-state index in [1.165, 1.54) is 12.3 Å². The lowest BCUT2D eigenvalue weighted by molar-refractivity contribution is -0.0583. The molecule has 1 heterocycles. The molecule has 0 aliphatic heterocycles. The average Bonchev–Trinajstić information content (AvgIpc) is 2.17. The Morgan fingerprint density at radius 1 is 1.47 bits per heavy atom. The van der Waals surface area contributed by atoms with Crippen LogP contribution in [0, 0.1) is 5.41 Å². The first-order chi connectivity index (χ1) is 6.91. The maximum Gasteiger partial charge on any atom is 0.432 e. The van der Waals surface area contributed by atoms with Crippen molar-refractivity contribution in [3.05, 3.63) is 30.4 Å². The molecule has 0 radical (unpaired) electrons. The van der Waals surface area contributed by atoms with E-state index in [1.807, 2.05) is 0 Å². The minimum atomic E-state index is -4.70. The molecule has 3 N–H and O–H groups in total. The lowest BCUT2D eigenvalue weighted by Gasteiger charge is -2.05. The van der Waals surface area contributed by atoms with Gasteiger partial charge in [0.25, 0.3) is 0 Å². The molecule has 7 heteroatoms. The molecule has 15 heavy (non-hydrogen) atoms. The second-order valence-electron chi connectivity index (χ2n) is 2.61. The van der Waals surface area contributed by atoms with Crippen LogP contribution in [0.2, 0.25) is 0 Å². The number of rotatable bonds is 2. The fraction of sp³-hybridized carbons (Fsp3) is 0.125. The van der Waals surface area contributed by atoms with Crippen LogP contribution in [0.25, 0.3) is 5.70 Å². The molecule has 0 spiro atoms. The third-order valence-corrected chi connectivity index (χ3v) is 1.48. The summed E-state index contributed by atoms with van der Waals surface area (Å²) in [5.74, 6) is 0. The first-order valence-electron chi connectivity index (χ1n) is 3.80. The molecule has 0 aliphatic carbocycles. The highest BCUT2D eigenvalue weighted by Gasteiger charge is 2.32. The zero-order chi connectivity index (χ0) is 11.5. The van der Waals surface area contributed by atoms with E-state index in [1.54, 1.807) is 0 Å². The molecule has 0 bridgehead atoms. The first-order valence-corrected chi connectivity index (χ1v) is 3.80. The molecule has 0 aliphatic rings. The highest BCUT2D eigenvalue weighted by atomic mass is 19.4. The van der Waals surface area contributed by atoms with Crippen molar-refractivity contribution >= 4 is 11.4 Å². The number of allylic oxidation sites excluding steroid dienone is 1. The molecule has 1 rings (SSSR count). The van der Waals surface area contributed by atoms with Crippen LogP contribution in [0.3, 0.4) is 0 Å². The number of hydrogen-bond acceptors (Lipinski definition) is 4. The van der Waals surface area contributed by atoms with Gasteiger partial charge in [0, 0.05) is 6.20 Å². The molecular formula is C8H7F3N4. The number of aromatic nitrogens is 2. The van der Waals surface area contributed by atoms with Crippen LogP contribution in [0.5, 0.6) is 0 Å². The molecule has 0 unspecified atom stereocenters. The number of nitrogens with one attached hydrogen (secondary N) is 1. The zero-order valence-electron chi connectivity index (χ0n) is 7.42. The highest BCUT2D eigenvalue weighted by molar-refractivity contribution is 6.01. The predicted octanol–water partition coefficient (Wildman–Crippen LogP) is 1.36. The van der Waals surface area contributed by atoms with Crippen LogP contribution in [-0.2, 0) is 0 Å². The summed E-state index contributed by atoms with van der Waals surface area (Å²) < 4.78 is 35.9. The van der Waals surface area contributed by atoms with Crippen molar-refractivity contribution in [2.24, 2.45) is 5.73 Å². The third-order valence-electron chi connectivity index (χ3n) is 1.48. The fourth-order valence-corrected chi connectivity index (χ4v) is 0.773. The van der Waals surface area contributed by atoms with Crippen molar-refractivity contribution in [3.8, 4) is 0 Å². The summed E-state index contributed by atoms with van der Waals surface area (Å²) in [6.07, 6.45) is -1.67. The van der Waals surface area contributed by atoms with Crippen LogP contribution in [0.1, 0.15) is 5.69 Å². The molecule has 80 valence electrons. The van der Waals surface area contributed by atoms with Crippen molar-refractivity contribution in [1.82, 2.24) is 9.97 Å². The smallest absolute Gasteiger partial charge is 0.397 e. The Balaban J connectivity index is 2.91. The third kappa shape index (κ3) is 3.04. The standard InChI is InChI=1S/C8H7F3N4/c9-8(10,11)7(13)3-5(12)6-1-2-14-4-15-6/h1-4,13H,12H2/b5-3-,13-7?. The van der Waals surface area contributed by atoms with Crippen molar-refractivity contribution in [2.45, 2.75) is 6.18 Å². The summed E-state index contributed by atoms with van der Waals surface area (Å²) in [5, 5.41) is 6.70. The number of hydrogen-bond donors (Lipinski definition) is 2. The molecule has 0 saturated carbocycles. The van der Waals surface area contributed by atoms with Crippen LogP contribution < -0.4 is 5.73 Å². The molecule has 4 nitrogen and oxygen atoms in total. The van der Waals surface area contributed by atoms with Crippen LogP contribution in [-0.4, -0.2) is 21.9 Å². The van der Waals surface area contributed by atoms with Crippen molar-refractivity contribution in [1.29, 1.82) is 5.41 Å². The normalized spacial score (nSPS) is 12.6. The minimum absolute atomic E-state index is 0.152. The Morgan fingerprint density at radius 2 is 2.13 bits per heavy atom. The predicted molar refractivity (Wildman–Crippen MR) is 48.0 cm³/mol. The largest absolute Gasteiger partial charge is 0.432 e. The first kappa shape index (κ1) is 11.2. The van der Waals surface area contributed by atoms with Gasteiger partial charge in [-0.3, -0.25) is 5.41 Å². The van der Waals surface area contributed by atoms with Gasteiger partial charge in [0.05, 0.1) is 11.4 Å². The fourth-order valence-electron chi connectivity index (χ4n) is 0.773. The Labute approximate surface area is 83.2 Å². The second-order valence-corrected chi connectivity index (χ2v) is 2.61. The second kappa shape index (κ2) is 4.07. The SMILES string of the molecule is N=C(/C=C(\N)c1ccncn1)C(F)(F)F. The van der Waals surface area contributed by atoms with Gasteiger partial charge in [-0.05, 0) is 12.1 Å². The maximum absolute atomic E-state index is 12.0. The van der Waals surface area contributed by atoms with E-state index in [0.717, 1.165) is 6.33 Å². The van der Waals surface area contributed by atoms with E-state index in [9.17, 15) is 13.2 Å². The summed E-state index contributed by atoms with van der Waals surface area (Å²) in [6, 6.07) is 1.36. The molecule has 1 aromatic rings. The summed E-state index contributed by atoms with van der Waals surface area (Å²) >= 11 is 0. The Bertz CT molecular complexity index is 383. The van der Waals surface area contributed by atoms with Crippen molar-refractivity contribution in [3.63, 3.8) is 0 Å². The summed E-state index contributed by atoms with van der Waals surface area (Å²) in [5.41, 5.74) is 3.74. The van der Waals surface area contributed by atoms with E-state index in [-0.39, 0.29) is 11.4 Å². The number of nitrogens with two attached hydrogens (primary N) is 1. The van der Waals surface area contributed by atoms with Crippen molar-refractivity contribution < 1.29 is 13.2 Å². The van der Waals surface area contributed by atoms with Crippen LogP contribution in [0.4, 0.5) is 13.2 Å².